The summed E-state index contributed by atoms with van der Waals surface area (Å²) in [5.41, 5.74) is 0. The van der Waals surface area contributed by atoms with E-state index in [1.807, 2.05) is 12.5 Å². The Morgan fingerprint density at radius 2 is 2.14 bits per heavy atom. The van der Waals surface area contributed by atoms with E-state index in [0.717, 1.165) is 4.38 Å². The van der Waals surface area contributed by atoms with E-state index in [0.29, 0.717) is 0 Å². The summed E-state index contributed by atoms with van der Waals surface area (Å²) in [7, 11) is 0. The summed E-state index contributed by atoms with van der Waals surface area (Å²) in [6, 6.07) is -0.440. The first-order valence-corrected chi connectivity index (χ1v) is 6.54. The van der Waals surface area contributed by atoms with Crippen molar-refractivity contribution in [2.75, 3.05) is 19.1 Å². The van der Waals surface area contributed by atoms with Crippen LogP contribution >= 0.6 is 23.5 Å². The van der Waals surface area contributed by atoms with Crippen molar-refractivity contribution in [3.8, 4) is 0 Å². The molecule has 0 heterocycles. The fraction of sp³-hybridized carbons (Fsp3) is 0.556. The van der Waals surface area contributed by atoms with E-state index in [2.05, 4.69) is 11.6 Å². The van der Waals surface area contributed by atoms with Crippen LogP contribution in [0.1, 0.15) is 6.92 Å². The molecule has 3 nitrogen and oxygen atoms in total. The van der Waals surface area contributed by atoms with Crippen molar-refractivity contribution in [1.29, 1.82) is 0 Å². The topological polar surface area (TPSA) is 38.7 Å². The molecular weight excluding hydrogens is 218 g/mol. The average molecular weight is 233 g/mol. The van der Waals surface area contributed by atoms with Crippen molar-refractivity contribution in [3.05, 3.63) is 12.7 Å². The largest absolute Gasteiger partial charge is 0.460 e. The van der Waals surface area contributed by atoms with Crippen LogP contribution < -0.4 is 0 Å². The van der Waals surface area contributed by atoms with E-state index in [9.17, 15) is 4.79 Å². The van der Waals surface area contributed by atoms with Gasteiger partial charge < -0.3 is 4.74 Å². The standard InChI is InChI=1S/C9H15NO2S2/c1-5-6-12-8(11)7(2)10-9(13-3)14-4/h5,7H,1,6H2,2-4H3/t7-/m0/s1. The summed E-state index contributed by atoms with van der Waals surface area (Å²) in [5.74, 6) is -0.314. The van der Waals surface area contributed by atoms with Crippen molar-refractivity contribution in [3.63, 3.8) is 0 Å². The molecule has 0 aromatic rings. The molecule has 0 aromatic heterocycles. The third-order valence-corrected chi connectivity index (χ3v) is 3.24. The second kappa shape index (κ2) is 7.94. The van der Waals surface area contributed by atoms with E-state index in [-0.39, 0.29) is 12.6 Å². The highest BCUT2D eigenvalue weighted by Gasteiger charge is 2.13. The number of hydrogen-bond acceptors (Lipinski definition) is 5. The third kappa shape index (κ3) is 5.34. The Balaban J connectivity index is 4.16. The molecule has 14 heavy (non-hydrogen) atoms. The molecule has 0 amide bonds. The first-order chi connectivity index (χ1) is 6.65. The van der Waals surface area contributed by atoms with Crippen LogP contribution in [0.4, 0.5) is 0 Å². The quantitative estimate of drug-likeness (QED) is 0.323. The van der Waals surface area contributed by atoms with Crippen LogP contribution in [0.3, 0.4) is 0 Å². The first-order valence-electron chi connectivity index (χ1n) is 4.09. The van der Waals surface area contributed by atoms with Crippen LogP contribution in [0.5, 0.6) is 0 Å². The molecule has 5 heteroatoms. The van der Waals surface area contributed by atoms with Gasteiger partial charge >= 0.3 is 5.97 Å². The monoisotopic (exact) mass is 233 g/mol. The van der Waals surface area contributed by atoms with Crippen molar-refractivity contribution in [1.82, 2.24) is 0 Å². The Bertz CT molecular complexity index is 223. The van der Waals surface area contributed by atoms with Gasteiger partial charge in [0.05, 0.1) is 0 Å². The maximum atomic E-state index is 11.3. The van der Waals surface area contributed by atoms with Crippen LogP contribution in [0.2, 0.25) is 0 Å². The molecule has 0 aliphatic heterocycles. The second-order valence-electron chi connectivity index (χ2n) is 2.40. The van der Waals surface area contributed by atoms with E-state index in [4.69, 9.17) is 4.74 Å². The summed E-state index contributed by atoms with van der Waals surface area (Å²) in [5, 5.41) is 0. The highest BCUT2D eigenvalue weighted by molar-refractivity contribution is 8.38. The highest BCUT2D eigenvalue weighted by Crippen LogP contribution is 2.12. The molecule has 0 aliphatic carbocycles. The Kier molecular flexibility index (Phi) is 7.70. The number of thioether (sulfide) groups is 2. The van der Waals surface area contributed by atoms with Gasteiger partial charge in [-0.05, 0) is 19.4 Å². The van der Waals surface area contributed by atoms with Crippen LogP contribution in [0, 0.1) is 0 Å². The van der Waals surface area contributed by atoms with Gasteiger partial charge in [-0.25, -0.2) is 4.79 Å². The maximum absolute atomic E-state index is 11.3. The highest BCUT2D eigenvalue weighted by atomic mass is 32.2. The van der Waals surface area contributed by atoms with Crippen LogP contribution in [0.25, 0.3) is 0 Å². The Labute approximate surface area is 93.4 Å². The maximum Gasteiger partial charge on any atom is 0.330 e. The molecule has 0 rings (SSSR count). The molecule has 0 unspecified atom stereocenters. The van der Waals surface area contributed by atoms with Crippen molar-refractivity contribution < 1.29 is 9.53 Å². The van der Waals surface area contributed by atoms with Crippen LogP contribution in [0.15, 0.2) is 17.6 Å². The fourth-order valence-electron chi connectivity index (χ4n) is 0.661. The lowest BCUT2D eigenvalue weighted by molar-refractivity contribution is -0.143. The minimum Gasteiger partial charge on any atom is -0.460 e. The number of carbonyl (C=O) groups is 1. The SMILES string of the molecule is C=CCOC(=O)[C@H](C)N=C(SC)SC. The minimum absolute atomic E-state index is 0.243. The Morgan fingerprint density at radius 3 is 2.57 bits per heavy atom. The zero-order valence-corrected chi connectivity index (χ0v) is 10.3. The zero-order chi connectivity index (χ0) is 11.0. The van der Waals surface area contributed by atoms with E-state index < -0.39 is 6.04 Å². The van der Waals surface area contributed by atoms with Gasteiger partial charge in [0.1, 0.15) is 17.0 Å². The molecule has 0 saturated carbocycles. The van der Waals surface area contributed by atoms with Gasteiger partial charge in [0.2, 0.25) is 0 Å². The van der Waals surface area contributed by atoms with Crippen molar-refractivity contribution in [2.24, 2.45) is 4.99 Å². The zero-order valence-electron chi connectivity index (χ0n) is 8.65. The number of hydrogen-bond donors (Lipinski definition) is 0. The van der Waals surface area contributed by atoms with Gasteiger partial charge in [0, 0.05) is 0 Å². The van der Waals surface area contributed by atoms with E-state index in [1.54, 1.807) is 13.0 Å². The van der Waals surface area contributed by atoms with Crippen molar-refractivity contribution >= 4 is 33.9 Å². The predicted octanol–water partition coefficient (Wildman–Crippen LogP) is 2.19. The van der Waals surface area contributed by atoms with Crippen LogP contribution in [-0.4, -0.2) is 35.5 Å². The molecule has 1 atom stereocenters. The fourth-order valence-corrected chi connectivity index (χ4v) is 1.85. The molecule has 0 radical (unpaired) electrons. The number of nitrogens with zero attached hydrogens (tertiary/aromatic N) is 1. The smallest absolute Gasteiger partial charge is 0.330 e. The molecule has 80 valence electrons. The number of ether oxygens (including phenoxy) is 1. The van der Waals surface area contributed by atoms with Crippen molar-refractivity contribution in [2.45, 2.75) is 13.0 Å². The van der Waals surface area contributed by atoms with E-state index >= 15 is 0 Å². The number of esters is 1. The summed E-state index contributed by atoms with van der Waals surface area (Å²) < 4.78 is 5.74. The summed E-state index contributed by atoms with van der Waals surface area (Å²) in [6.45, 7) is 5.43. The van der Waals surface area contributed by atoms with Gasteiger partial charge in [-0.15, -0.1) is 23.5 Å². The third-order valence-electron chi connectivity index (χ3n) is 1.33. The number of rotatable bonds is 4. The molecule has 0 saturated heterocycles. The summed E-state index contributed by atoms with van der Waals surface area (Å²) in [6.07, 6.45) is 5.40. The van der Waals surface area contributed by atoms with Gasteiger partial charge in [-0.2, -0.15) is 0 Å². The second-order valence-corrected chi connectivity index (χ2v) is 4.25. The molecule has 0 aromatic carbocycles. The lowest BCUT2D eigenvalue weighted by atomic mass is 10.4. The Hall–Kier alpha value is -0.420. The minimum atomic E-state index is -0.440. The van der Waals surface area contributed by atoms with Gasteiger partial charge in [-0.3, -0.25) is 4.99 Å². The summed E-state index contributed by atoms with van der Waals surface area (Å²) in [4.78, 5) is 15.5. The number of carbonyl (C=O) groups excluding carboxylic acids is 1. The predicted molar refractivity (Wildman–Crippen MR) is 65.1 cm³/mol. The van der Waals surface area contributed by atoms with E-state index in [1.165, 1.54) is 23.5 Å². The van der Waals surface area contributed by atoms with Gasteiger partial charge in [0.15, 0.2) is 0 Å². The first kappa shape index (κ1) is 13.6. The average Bonchev–Trinajstić information content (AvgIpc) is 2.21. The lowest BCUT2D eigenvalue weighted by Gasteiger charge is -2.07. The molecule has 0 bridgehead atoms. The summed E-state index contributed by atoms with van der Waals surface area (Å²) >= 11 is 3.05. The molecule has 0 aliphatic rings. The molecule has 0 N–H and O–H groups in total. The Morgan fingerprint density at radius 1 is 1.57 bits per heavy atom. The molecular formula is C9H15NO2S2. The number of aliphatic imine (C=N–C) groups is 1. The lowest BCUT2D eigenvalue weighted by Crippen LogP contribution is -2.19. The molecule has 0 spiro atoms. The van der Waals surface area contributed by atoms with Gasteiger partial charge in [-0.1, -0.05) is 12.7 Å². The molecule has 0 fully saturated rings. The van der Waals surface area contributed by atoms with Crippen LogP contribution in [-0.2, 0) is 9.53 Å². The van der Waals surface area contributed by atoms with Gasteiger partial charge in [0.25, 0.3) is 0 Å². The normalized spacial score (nSPS) is 11.6.